The third-order valence-electron chi connectivity index (χ3n) is 2.87. The Balaban J connectivity index is 2.40. The zero-order chi connectivity index (χ0) is 13.8. The highest BCUT2D eigenvalue weighted by Gasteiger charge is 2.08. The molecule has 0 aromatic heterocycles. The topological polar surface area (TPSA) is 38.3 Å². The van der Waals surface area contributed by atoms with Crippen LogP contribution in [0.3, 0.4) is 0 Å². The number of carbonyl (C=O) groups excluding carboxylic acids is 1. The van der Waals surface area contributed by atoms with E-state index in [1.165, 1.54) is 6.92 Å². The van der Waals surface area contributed by atoms with Gasteiger partial charge in [-0.15, -0.1) is 0 Å². The average molecular weight is 254 g/mol. The first-order chi connectivity index (χ1) is 9.11. The highest BCUT2D eigenvalue weighted by molar-refractivity contribution is 5.89. The van der Waals surface area contributed by atoms with Crippen LogP contribution < -0.4 is 10.1 Å². The van der Waals surface area contributed by atoms with E-state index in [1.54, 1.807) is 7.11 Å². The number of rotatable bonds is 3. The van der Waals surface area contributed by atoms with Crippen LogP contribution >= 0.6 is 0 Å². The van der Waals surface area contributed by atoms with E-state index < -0.39 is 0 Å². The van der Waals surface area contributed by atoms with Crippen LogP contribution in [-0.2, 0) is 4.79 Å². The molecule has 2 rings (SSSR count). The van der Waals surface area contributed by atoms with Gasteiger partial charge in [-0.25, -0.2) is 0 Å². The van der Waals surface area contributed by atoms with E-state index in [4.69, 9.17) is 4.74 Å². The quantitative estimate of drug-likeness (QED) is 0.911. The summed E-state index contributed by atoms with van der Waals surface area (Å²) in [6.07, 6.45) is 0. The van der Waals surface area contributed by atoms with Crippen molar-refractivity contribution in [1.29, 1.82) is 0 Å². The summed E-state index contributed by atoms with van der Waals surface area (Å²) in [4.78, 5) is 11.0. The molecule has 19 heavy (non-hydrogen) atoms. The van der Waals surface area contributed by atoms with E-state index in [0.717, 1.165) is 28.1 Å². The van der Waals surface area contributed by atoms with Crippen LogP contribution in [0, 0.1) is 13.0 Å². The summed E-state index contributed by atoms with van der Waals surface area (Å²) in [5.41, 5.74) is 3.89. The van der Waals surface area contributed by atoms with Gasteiger partial charge in [0.15, 0.2) is 0 Å². The number of hydrogen-bond acceptors (Lipinski definition) is 2. The van der Waals surface area contributed by atoms with Crippen molar-refractivity contribution in [3.8, 4) is 16.9 Å². The zero-order valence-electron chi connectivity index (χ0n) is 11.3. The molecule has 1 N–H and O–H groups in total. The largest absolute Gasteiger partial charge is 0.496 e. The summed E-state index contributed by atoms with van der Waals surface area (Å²) in [6, 6.07) is 14.6. The standard InChI is InChI=1S/C16H16NO2/c1-11-5-4-6-15(19-3)16(11)13-7-9-14(10-8-13)17-12(2)18/h4,6-10H,1-3H3,(H,17,18). The minimum Gasteiger partial charge on any atom is -0.496 e. The summed E-state index contributed by atoms with van der Waals surface area (Å²) >= 11 is 0. The van der Waals surface area contributed by atoms with Gasteiger partial charge in [0.2, 0.25) is 5.91 Å². The van der Waals surface area contributed by atoms with Crippen molar-refractivity contribution in [2.75, 3.05) is 12.4 Å². The summed E-state index contributed by atoms with van der Waals surface area (Å²) in [5.74, 6) is 0.748. The van der Waals surface area contributed by atoms with E-state index in [2.05, 4.69) is 11.4 Å². The SMILES string of the molecule is COc1cc[c]c(C)c1-c1ccc(NC(C)=O)cc1. The van der Waals surface area contributed by atoms with Crippen molar-refractivity contribution >= 4 is 11.6 Å². The predicted octanol–water partition coefficient (Wildman–Crippen LogP) is 3.43. The van der Waals surface area contributed by atoms with Gasteiger partial charge in [0.25, 0.3) is 0 Å². The van der Waals surface area contributed by atoms with Crippen LogP contribution in [0.5, 0.6) is 5.75 Å². The van der Waals surface area contributed by atoms with Gasteiger partial charge in [0.05, 0.1) is 7.11 Å². The van der Waals surface area contributed by atoms with Crippen molar-refractivity contribution < 1.29 is 9.53 Å². The average Bonchev–Trinajstić information content (AvgIpc) is 2.39. The first kappa shape index (κ1) is 13.1. The normalized spacial score (nSPS) is 10.1. The first-order valence-electron chi connectivity index (χ1n) is 6.05. The second kappa shape index (κ2) is 5.57. The molecule has 0 aliphatic carbocycles. The zero-order valence-corrected chi connectivity index (χ0v) is 11.3. The molecule has 3 nitrogen and oxygen atoms in total. The van der Waals surface area contributed by atoms with Crippen LogP contribution in [0.15, 0.2) is 36.4 Å². The molecule has 1 radical (unpaired) electrons. The Morgan fingerprint density at radius 3 is 2.47 bits per heavy atom. The lowest BCUT2D eigenvalue weighted by atomic mass is 9.99. The van der Waals surface area contributed by atoms with Crippen LogP contribution in [0.25, 0.3) is 11.1 Å². The second-order valence-electron chi connectivity index (χ2n) is 4.30. The molecule has 2 aromatic carbocycles. The summed E-state index contributed by atoms with van der Waals surface area (Å²) in [7, 11) is 1.66. The Hall–Kier alpha value is -2.29. The van der Waals surface area contributed by atoms with Gasteiger partial charge in [0.1, 0.15) is 5.75 Å². The minimum absolute atomic E-state index is 0.0745. The smallest absolute Gasteiger partial charge is 0.221 e. The summed E-state index contributed by atoms with van der Waals surface area (Å²) in [6.45, 7) is 3.49. The molecule has 0 bridgehead atoms. The maximum Gasteiger partial charge on any atom is 0.221 e. The van der Waals surface area contributed by atoms with Crippen LogP contribution in [-0.4, -0.2) is 13.0 Å². The molecule has 1 amide bonds. The van der Waals surface area contributed by atoms with E-state index in [1.807, 2.05) is 43.3 Å². The number of aryl methyl sites for hydroxylation is 1. The number of ether oxygens (including phenoxy) is 1. The van der Waals surface area contributed by atoms with Crippen molar-refractivity contribution in [3.63, 3.8) is 0 Å². The molecule has 0 saturated carbocycles. The van der Waals surface area contributed by atoms with E-state index >= 15 is 0 Å². The number of hydrogen-bond donors (Lipinski definition) is 1. The van der Waals surface area contributed by atoms with Gasteiger partial charge in [-0.1, -0.05) is 18.2 Å². The molecular formula is C16H16NO2. The lowest BCUT2D eigenvalue weighted by molar-refractivity contribution is -0.114. The molecule has 0 spiro atoms. The Morgan fingerprint density at radius 1 is 1.21 bits per heavy atom. The Labute approximate surface area is 113 Å². The van der Waals surface area contributed by atoms with E-state index in [0.29, 0.717) is 0 Å². The highest BCUT2D eigenvalue weighted by atomic mass is 16.5. The van der Waals surface area contributed by atoms with Gasteiger partial charge >= 0.3 is 0 Å². The Bertz CT molecular complexity index is 588. The van der Waals surface area contributed by atoms with Gasteiger partial charge in [-0.3, -0.25) is 4.79 Å². The second-order valence-corrected chi connectivity index (χ2v) is 4.30. The fourth-order valence-corrected chi connectivity index (χ4v) is 2.04. The third-order valence-corrected chi connectivity index (χ3v) is 2.87. The first-order valence-corrected chi connectivity index (χ1v) is 6.05. The summed E-state index contributed by atoms with van der Waals surface area (Å²) in [5, 5.41) is 2.75. The number of amides is 1. The van der Waals surface area contributed by atoms with Crippen molar-refractivity contribution in [1.82, 2.24) is 0 Å². The van der Waals surface area contributed by atoms with Crippen molar-refractivity contribution in [2.24, 2.45) is 0 Å². The maximum absolute atomic E-state index is 11.0. The number of anilines is 1. The lowest BCUT2D eigenvalue weighted by Crippen LogP contribution is -2.05. The third kappa shape index (κ3) is 2.94. The molecule has 2 aromatic rings. The number of methoxy groups -OCH3 is 1. The number of benzene rings is 2. The Kier molecular flexibility index (Phi) is 3.85. The predicted molar refractivity (Wildman–Crippen MR) is 76.3 cm³/mol. The fourth-order valence-electron chi connectivity index (χ4n) is 2.04. The van der Waals surface area contributed by atoms with Crippen molar-refractivity contribution in [2.45, 2.75) is 13.8 Å². The molecule has 0 aliphatic heterocycles. The minimum atomic E-state index is -0.0745. The fraction of sp³-hybridized carbons (Fsp3) is 0.188. The van der Waals surface area contributed by atoms with Crippen LogP contribution in [0.2, 0.25) is 0 Å². The van der Waals surface area contributed by atoms with E-state index in [9.17, 15) is 4.79 Å². The van der Waals surface area contributed by atoms with Gasteiger partial charge in [-0.2, -0.15) is 0 Å². The number of nitrogens with one attached hydrogen (secondary N) is 1. The number of carbonyl (C=O) groups is 1. The van der Waals surface area contributed by atoms with Gasteiger partial charge < -0.3 is 10.1 Å². The molecule has 0 saturated heterocycles. The molecule has 0 atom stereocenters. The van der Waals surface area contributed by atoms with Crippen LogP contribution in [0.4, 0.5) is 5.69 Å². The van der Waals surface area contributed by atoms with Gasteiger partial charge in [0, 0.05) is 18.2 Å². The Morgan fingerprint density at radius 2 is 1.89 bits per heavy atom. The maximum atomic E-state index is 11.0. The molecule has 0 fully saturated rings. The monoisotopic (exact) mass is 254 g/mol. The van der Waals surface area contributed by atoms with Gasteiger partial charge in [-0.05, 0) is 42.3 Å². The molecule has 0 heterocycles. The molecule has 0 aliphatic rings. The lowest BCUT2D eigenvalue weighted by Gasteiger charge is -2.12. The van der Waals surface area contributed by atoms with Crippen LogP contribution in [0.1, 0.15) is 12.5 Å². The van der Waals surface area contributed by atoms with E-state index in [-0.39, 0.29) is 5.91 Å². The highest BCUT2D eigenvalue weighted by Crippen LogP contribution is 2.33. The molecule has 97 valence electrons. The summed E-state index contributed by atoms with van der Waals surface area (Å²) < 4.78 is 5.39. The molecule has 0 unspecified atom stereocenters. The molecular weight excluding hydrogens is 238 g/mol. The molecule has 3 heteroatoms. The van der Waals surface area contributed by atoms with Crippen molar-refractivity contribution in [3.05, 3.63) is 48.0 Å².